The van der Waals surface area contributed by atoms with Crippen molar-refractivity contribution in [2.75, 3.05) is 46.7 Å². The van der Waals surface area contributed by atoms with Gasteiger partial charge >= 0.3 is 21.2 Å². The number of fused-ring (bicyclic) bond motifs is 2. The average Bonchev–Trinajstić information content (AvgIpc) is 3.17. The van der Waals surface area contributed by atoms with Crippen LogP contribution in [0.2, 0.25) is 0 Å². The summed E-state index contributed by atoms with van der Waals surface area (Å²) in [4.78, 5) is 9.32. The molecule has 0 saturated carbocycles. The second-order valence-electron chi connectivity index (χ2n) is 9.07. The molecular formula is C24H30N2O8P2+2. The van der Waals surface area contributed by atoms with Crippen LogP contribution in [0, 0.1) is 0 Å². The van der Waals surface area contributed by atoms with E-state index >= 15 is 0 Å². The zero-order chi connectivity index (χ0) is 25.6. The van der Waals surface area contributed by atoms with E-state index in [1.165, 1.54) is 20.4 Å². The van der Waals surface area contributed by atoms with Crippen molar-refractivity contribution in [1.29, 1.82) is 0 Å². The maximum atomic E-state index is 11.9. The van der Waals surface area contributed by atoms with Crippen molar-refractivity contribution < 1.29 is 46.2 Å². The minimum atomic E-state index is -3.49. The summed E-state index contributed by atoms with van der Waals surface area (Å²) in [6, 6.07) is 10.6. The molecule has 2 aromatic carbocycles. The molecule has 5 rings (SSSR count). The van der Waals surface area contributed by atoms with Gasteiger partial charge in [-0.1, -0.05) is 21.3 Å². The zero-order valence-electron chi connectivity index (χ0n) is 20.5. The van der Waals surface area contributed by atoms with Gasteiger partial charge in [0.1, 0.15) is 0 Å². The van der Waals surface area contributed by atoms with Crippen LogP contribution in [-0.4, -0.2) is 79.3 Å². The molecule has 0 aliphatic carbocycles. The molecule has 0 aromatic heterocycles. The van der Waals surface area contributed by atoms with Gasteiger partial charge in [0.25, 0.3) is 0 Å². The van der Waals surface area contributed by atoms with Gasteiger partial charge in [-0.3, -0.25) is 9.13 Å². The SMILES string of the molecule is COP(C)(=O)OCCc1ccc2c(c1)C=[N+]1CC[N+]3=Cc4cc(CCOP(C)(=O)O)ccc4O[C@@]31O2. The van der Waals surface area contributed by atoms with Gasteiger partial charge in [0.2, 0.25) is 13.1 Å². The van der Waals surface area contributed by atoms with Gasteiger partial charge in [0.05, 0.1) is 24.3 Å². The lowest BCUT2D eigenvalue weighted by molar-refractivity contribution is -0.855. The Morgan fingerprint density at radius 3 is 1.86 bits per heavy atom. The van der Waals surface area contributed by atoms with E-state index in [0.29, 0.717) is 44.0 Å². The molecule has 192 valence electrons. The van der Waals surface area contributed by atoms with Gasteiger partial charge in [-0.25, -0.2) is 0 Å². The maximum absolute atomic E-state index is 11.9. The monoisotopic (exact) mass is 536 g/mol. The first kappa shape index (κ1) is 25.3. The van der Waals surface area contributed by atoms with E-state index in [1.54, 1.807) is 0 Å². The minimum Gasteiger partial charge on any atom is -0.341 e. The van der Waals surface area contributed by atoms with Gasteiger partial charge in [-0.15, -0.1) is 0 Å². The van der Waals surface area contributed by atoms with Crippen LogP contribution >= 0.6 is 15.2 Å². The Bertz CT molecular complexity index is 1350. The Morgan fingerprint density at radius 2 is 1.39 bits per heavy atom. The largest absolute Gasteiger partial charge is 0.704 e. The summed E-state index contributed by atoms with van der Waals surface area (Å²) in [7, 11) is -5.11. The summed E-state index contributed by atoms with van der Waals surface area (Å²) < 4.78 is 55.5. The van der Waals surface area contributed by atoms with E-state index in [1.807, 2.05) is 58.0 Å². The van der Waals surface area contributed by atoms with E-state index in [0.717, 1.165) is 22.3 Å². The number of nitrogens with zero attached hydrogens (tertiary/aromatic N) is 2. The number of rotatable bonds is 9. The highest BCUT2D eigenvalue weighted by molar-refractivity contribution is 7.53. The Morgan fingerprint density at radius 1 is 0.889 bits per heavy atom. The third kappa shape index (κ3) is 5.21. The second kappa shape index (κ2) is 9.53. The molecule has 1 spiro atoms. The first-order valence-electron chi connectivity index (χ1n) is 11.7. The molecule has 3 atom stereocenters. The summed E-state index contributed by atoms with van der Waals surface area (Å²) in [6.45, 7) is 4.53. The van der Waals surface area contributed by atoms with Crippen molar-refractivity contribution in [3.63, 3.8) is 0 Å². The number of hydrogen-bond donors (Lipinski definition) is 1. The maximum Gasteiger partial charge on any atom is 0.704 e. The number of hydrogen-bond acceptors (Lipinski definition) is 7. The number of ether oxygens (including phenoxy) is 2. The third-order valence-electron chi connectivity index (χ3n) is 6.30. The Kier molecular flexibility index (Phi) is 6.70. The van der Waals surface area contributed by atoms with Gasteiger partial charge < -0.3 is 27.9 Å². The molecule has 36 heavy (non-hydrogen) atoms. The first-order chi connectivity index (χ1) is 17.1. The highest BCUT2D eigenvalue weighted by Crippen LogP contribution is 2.43. The molecule has 12 heteroatoms. The molecule has 2 aromatic rings. The highest BCUT2D eigenvalue weighted by atomic mass is 31.2. The fourth-order valence-corrected chi connectivity index (χ4v) is 5.40. The van der Waals surface area contributed by atoms with Gasteiger partial charge in [0, 0.05) is 20.4 Å². The van der Waals surface area contributed by atoms with E-state index in [9.17, 15) is 14.0 Å². The molecule has 1 fully saturated rings. The molecule has 1 N–H and O–H groups in total. The van der Waals surface area contributed by atoms with Gasteiger partial charge in [0.15, 0.2) is 23.9 Å². The van der Waals surface area contributed by atoms with Crippen molar-refractivity contribution in [3.05, 3.63) is 58.7 Å². The van der Waals surface area contributed by atoms with E-state index in [-0.39, 0.29) is 6.61 Å². The topological polar surface area (TPSA) is 107 Å². The molecule has 3 aliphatic rings. The van der Waals surface area contributed by atoms with Crippen molar-refractivity contribution >= 4 is 27.6 Å². The molecule has 0 bridgehead atoms. The summed E-state index contributed by atoms with van der Waals surface area (Å²) in [6.07, 6.45) is 5.19. The lowest BCUT2D eigenvalue weighted by Crippen LogP contribution is -2.59. The van der Waals surface area contributed by atoms with Crippen molar-refractivity contribution in [2.45, 2.75) is 18.9 Å². The van der Waals surface area contributed by atoms with Crippen LogP contribution in [-0.2, 0) is 35.5 Å². The molecule has 10 nitrogen and oxygen atoms in total. The standard InChI is InChI=1S/C24H29N2O8P2/c1-30-36(3,29)32-13-9-19-5-7-23-21(15-19)17-26-11-10-25-16-20-14-18(8-12-31-35(2,27)28)4-6-22(20)33-24(25,26)34-23/h4-7,14-17H,8-13H2,1-3H3/q+1/p+1/t24-,36?/m1/s1. The van der Waals surface area contributed by atoms with Crippen LogP contribution in [0.25, 0.3) is 0 Å². The van der Waals surface area contributed by atoms with Crippen molar-refractivity contribution in [2.24, 2.45) is 0 Å². The van der Waals surface area contributed by atoms with Crippen LogP contribution in [0.4, 0.5) is 0 Å². The van der Waals surface area contributed by atoms with Gasteiger partial charge in [-0.05, 0) is 48.2 Å². The summed E-state index contributed by atoms with van der Waals surface area (Å²) in [5.41, 5.74) is 3.87. The minimum absolute atomic E-state index is 0.165. The lowest BCUT2D eigenvalue weighted by atomic mass is 10.1. The summed E-state index contributed by atoms with van der Waals surface area (Å²) in [5, 5.41) is 0. The molecular weight excluding hydrogens is 506 g/mol. The fraction of sp³-hybridized carbons (Fsp3) is 0.417. The lowest BCUT2D eigenvalue weighted by Gasteiger charge is -2.27. The van der Waals surface area contributed by atoms with Crippen LogP contribution < -0.4 is 9.47 Å². The highest BCUT2D eigenvalue weighted by Gasteiger charge is 2.68. The van der Waals surface area contributed by atoms with E-state index in [4.69, 9.17) is 23.0 Å². The normalized spacial score (nSPS) is 22.9. The van der Waals surface area contributed by atoms with Gasteiger partial charge in [-0.2, -0.15) is 0 Å². The Hall–Kier alpha value is -2.32. The Labute approximate surface area is 209 Å². The van der Waals surface area contributed by atoms with Crippen LogP contribution in [0.1, 0.15) is 22.3 Å². The molecule has 3 heterocycles. The average molecular weight is 536 g/mol. The molecule has 0 radical (unpaired) electrons. The van der Waals surface area contributed by atoms with Crippen molar-refractivity contribution in [3.8, 4) is 11.5 Å². The molecule has 3 aliphatic heterocycles. The first-order valence-corrected chi connectivity index (χ1v) is 15.7. The van der Waals surface area contributed by atoms with Crippen LogP contribution in [0.5, 0.6) is 11.5 Å². The number of benzene rings is 2. The summed E-state index contributed by atoms with van der Waals surface area (Å²) >= 11 is 0. The van der Waals surface area contributed by atoms with Crippen LogP contribution in [0.15, 0.2) is 36.4 Å². The smallest absolute Gasteiger partial charge is 0.341 e. The predicted octanol–water partition coefficient (Wildman–Crippen LogP) is 3.06. The van der Waals surface area contributed by atoms with E-state index < -0.39 is 21.2 Å². The fourth-order valence-electron chi connectivity index (χ4n) is 4.44. The van der Waals surface area contributed by atoms with Crippen molar-refractivity contribution in [1.82, 2.24) is 0 Å². The molecule has 0 amide bonds. The van der Waals surface area contributed by atoms with E-state index in [2.05, 4.69) is 0 Å². The Balaban J connectivity index is 1.33. The van der Waals surface area contributed by atoms with Crippen LogP contribution in [0.3, 0.4) is 0 Å². The molecule has 1 saturated heterocycles. The molecule has 2 unspecified atom stereocenters. The quantitative estimate of drug-likeness (QED) is 0.385. The third-order valence-corrected chi connectivity index (χ3v) is 8.28. The second-order valence-corrected chi connectivity index (χ2v) is 13.1. The zero-order valence-corrected chi connectivity index (χ0v) is 22.2. The predicted molar refractivity (Wildman–Crippen MR) is 133 cm³/mol. The summed E-state index contributed by atoms with van der Waals surface area (Å²) in [5.74, 6) is 1.40.